The van der Waals surface area contributed by atoms with E-state index in [1.54, 1.807) is 32.9 Å². The van der Waals surface area contributed by atoms with Crippen LogP contribution in [0.15, 0.2) is 24.3 Å². The molecule has 0 saturated carbocycles. The lowest BCUT2D eigenvalue weighted by molar-refractivity contribution is 0.0290. The predicted octanol–water partition coefficient (Wildman–Crippen LogP) is 3.29. The Hall–Kier alpha value is -1.69. The molecule has 2 atom stereocenters. The fraction of sp³-hybridized carbons (Fsp3) is 0.562. The molecule has 1 fully saturated rings. The summed E-state index contributed by atoms with van der Waals surface area (Å²) in [6.45, 7) is 6.13. The normalized spacial score (nSPS) is 22.2. The third-order valence-corrected chi connectivity index (χ3v) is 3.61. The van der Waals surface area contributed by atoms with Crippen LogP contribution in [0.3, 0.4) is 0 Å². The highest BCUT2D eigenvalue weighted by molar-refractivity contribution is 5.69. The van der Waals surface area contributed by atoms with Crippen LogP contribution in [0, 0.1) is 0 Å². The third kappa shape index (κ3) is 3.94. The Morgan fingerprint density at radius 3 is 2.64 bits per heavy atom. The smallest absolute Gasteiger partial charge is 0.410 e. The zero-order valence-corrected chi connectivity index (χ0v) is 13.1. The van der Waals surface area contributed by atoms with Crippen LogP contribution >= 0.6 is 0 Å². The summed E-state index contributed by atoms with van der Waals surface area (Å²) < 4.78 is 30.9. The largest absolute Gasteiger partial charge is 0.444 e. The van der Waals surface area contributed by atoms with E-state index in [4.69, 9.17) is 10.5 Å². The van der Waals surface area contributed by atoms with E-state index in [9.17, 15) is 13.6 Å². The van der Waals surface area contributed by atoms with Crippen LogP contribution in [0.5, 0.6) is 0 Å². The summed E-state index contributed by atoms with van der Waals surface area (Å²) in [6, 6.07) is 5.93. The van der Waals surface area contributed by atoms with E-state index < -0.39 is 18.1 Å². The van der Waals surface area contributed by atoms with Gasteiger partial charge >= 0.3 is 6.09 Å². The number of carbonyl (C=O) groups is 1. The summed E-state index contributed by atoms with van der Waals surface area (Å²) in [5.41, 5.74) is 6.22. The first-order valence-electron chi connectivity index (χ1n) is 7.29. The van der Waals surface area contributed by atoms with Gasteiger partial charge in [-0.3, -0.25) is 0 Å². The minimum absolute atomic E-state index is 0.0274. The molecule has 1 aromatic carbocycles. The molecule has 0 aliphatic carbocycles. The van der Waals surface area contributed by atoms with Crippen molar-refractivity contribution in [3.63, 3.8) is 0 Å². The monoisotopic (exact) mass is 312 g/mol. The number of hydrogen-bond donors (Lipinski definition) is 1. The lowest BCUT2D eigenvalue weighted by Gasteiger charge is -2.24. The van der Waals surface area contributed by atoms with Crippen molar-refractivity contribution in [2.24, 2.45) is 5.73 Å². The van der Waals surface area contributed by atoms with Crippen molar-refractivity contribution in [3.8, 4) is 0 Å². The summed E-state index contributed by atoms with van der Waals surface area (Å²) in [6.07, 6.45) is -2.94. The van der Waals surface area contributed by atoms with Gasteiger partial charge in [0.2, 0.25) is 0 Å². The number of carbonyl (C=O) groups excluding carboxylic acids is 1. The maximum absolute atomic E-state index is 12.8. The van der Waals surface area contributed by atoms with Crippen LogP contribution in [0.25, 0.3) is 0 Å². The lowest BCUT2D eigenvalue weighted by atomic mass is 9.93. The molecule has 0 aromatic heterocycles. The van der Waals surface area contributed by atoms with Gasteiger partial charge in [0, 0.05) is 30.6 Å². The second kappa shape index (κ2) is 6.20. The van der Waals surface area contributed by atoms with Gasteiger partial charge in [-0.25, -0.2) is 13.6 Å². The Labute approximate surface area is 129 Å². The predicted molar refractivity (Wildman–Crippen MR) is 79.9 cm³/mol. The highest BCUT2D eigenvalue weighted by Gasteiger charge is 2.36. The molecule has 1 aliphatic rings. The van der Waals surface area contributed by atoms with Gasteiger partial charge in [0.05, 0.1) is 0 Å². The quantitative estimate of drug-likeness (QED) is 0.911. The van der Waals surface area contributed by atoms with Crippen molar-refractivity contribution in [2.45, 2.75) is 44.8 Å². The summed E-state index contributed by atoms with van der Waals surface area (Å²) in [4.78, 5) is 13.6. The number of halogens is 2. The van der Waals surface area contributed by atoms with Crippen LogP contribution in [-0.4, -0.2) is 35.7 Å². The SMILES string of the molecule is CC(C)(C)OC(=O)N1C[C@@H](N)[C@@H](c2cccc(C(F)F)c2)C1. The second-order valence-corrected chi connectivity index (χ2v) is 6.63. The van der Waals surface area contributed by atoms with Gasteiger partial charge in [-0.1, -0.05) is 18.2 Å². The number of nitrogens with two attached hydrogens (primary N) is 1. The molecule has 22 heavy (non-hydrogen) atoms. The highest BCUT2D eigenvalue weighted by Crippen LogP contribution is 2.30. The van der Waals surface area contributed by atoms with Gasteiger partial charge in [0.1, 0.15) is 5.60 Å². The first-order valence-corrected chi connectivity index (χ1v) is 7.29. The van der Waals surface area contributed by atoms with Crippen LogP contribution in [-0.2, 0) is 4.74 Å². The van der Waals surface area contributed by atoms with E-state index in [1.165, 1.54) is 17.0 Å². The van der Waals surface area contributed by atoms with Gasteiger partial charge in [-0.2, -0.15) is 0 Å². The number of ether oxygens (including phenoxy) is 1. The number of rotatable bonds is 2. The average Bonchev–Trinajstić information content (AvgIpc) is 2.79. The van der Waals surface area contributed by atoms with Gasteiger partial charge in [-0.05, 0) is 32.4 Å². The van der Waals surface area contributed by atoms with Gasteiger partial charge in [-0.15, -0.1) is 0 Å². The fourth-order valence-corrected chi connectivity index (χ4v) is 2.58. The van der Waals surface area contributed by atoms with Gasteiger partial charge in [0.15, 0.2) is 0 Å². The van der Waals surface area contributed by atoms with Crippen LogP contribution < -0.4 is 5.73 Å². The Morgan fingerprint density at radius 2 is 2.05 bits per heavy atom. The van der Waals surface area contributed by atoms with E-state index in [0.717, 1.165) is 5.56 Å². The molecule has 6 heteroatoms. The number of amides is 1. The van der Waals surface area contributed by atoms with Crippen molar-refractivity contribution in [1.82, 2.24) is 4.90 Å². The molecule has 0 radical (unpaired) electrons. The number of likely N-dealkylation sites (tertiary alicyclic amines) is 1. The zero-order valence-electron chi connectivity index (χ0n) is 13.1. The summed E-state index contributed by atoms with van der Waals surface area (Å²) in [7, 11) is 0. The van der Waals surface area contributed by atoms with E-state index in [1.807, 2.05) is 0 Å². The Bertz CT molecular complexity index is 543. The molecule has 1 aromatic rings. The first kappa shape index (κ1) is 16.7. The fourth-order valence-electron chi connectivity index (χ4n) is 2.58. The number of hydrogen-bond acceptors (Lipinski definition) is 3. The molecule has 1 heterocycles. The number of benzene rings is 1. The second-order valence-electron chi connectivity index (χ2n) is 6.63. The summed E-state index contributed by atoms with van der Waals surface area (Å²) >= 11 is 0. The average molecular weight is 312 g/mol. The molecule has 1 amide bonds. The minimum Gasteiger partial charge on any atom is -0.444 e. The molecule has 1 saturated heterocycles. The Balaban J connectivity index is 2.11. The van der Waals surface area contributed by atoms with Crippen molar-refractivity contribution < 1.29 is 18.3 Å². The number of nitrogens with zero attached hydrogens (tertiary/aromatic N) is 1. The standard InChI is InChI=1S/C16H22F2N2O2/c1-16(2,3)22-15(21)20-8-12(13(19)9-20)10-5-4-6-11(7-10)14(17)18/h4-7,12-14H,8-9,19H2,1-3H3/t12-,13-/m1/s1. The molecule has 0 bridgehead atoms. The van der Waals surface area contributed by atoms with Crippen molar-refractivity contribution >= 4 is 6.09 Å². The third-order valence-electron chi connectivity index (χ3n) is 3.61. The maximum Gasteiger partial charge on any atom is 0.410 e. The molecule has 1 aliphatic heterocycles. The van der Waals surface area contributed by atoms with E-state index in [-0.39, 0.29) is 17.5 Å². The molecule has 0 spiro atoms. The Morgan fingerprint density at radius 1 is 1.36 bits per heavy atom. The highest BCUT2D eigenvalue weighted by atomic mass is 19.3. The van der Waals surface area contributed by atoms with Crippen LogP contribution in [0.1, 0.15) is 44.2 Å². The van der Waals surface area contributed by atoms with Crippen molar-refractivity contribution in [1.29, 1.82) is 0 Å². The first-order chi connectivity index (χ1) is 10.2. The van der Waals surface area contributed by atoms with E-state index in [0.29, 0.717) is 13.1 Å². The summed E-state index contributed by atoms with van der Waals surface area (Å²) in [5.74, 6) is -0.161. The van der Waals surface area contributed by atoms with Gasteiger partial charge < -0.3 is 15.4 Å². The molecule has 2 rings (SSSR count). The lowest BCUT2D eigenvalue weighted by Crippen LogP contribution is -2.36. The van der Waals surface area contributed by atoms with Crippen molar-refractivity contribution in [2.75, 3.05) is 13.1 Å². The van der Waals surface area contributed by atoms with Gasteiger partial charge in [0.25, 0.3) is 6.43 Å². The summed E-state index contributed by atoms with van der Waals surface area (Å²) in [5, 5.41) is 0. The van der Waals surface area contributed by atoms with Crippen molar-refractivity contribution in [3.05, 3.63) is 35.4 Å². The minimum atomic E-state index is -2.51. The number of alkyl halides is 2. The molecule has 0 unspecified atom stereocenters. The molecular weight excluding hydrogens is 290 g/mol. The van der Waals surface area contributed by atoms with E-state index >= 15 is 0 Å². The molecule has 4 nitrogen and oxygen atoms in total. The van der Waals surface area contributed by atoms with Crippen LogP contribution in [0.4, 0.5) is 13.6 Å². The molecular formula is C16H22F2N2O2. The van der Waals surface area contributed by atoms with Crippen LogP contribution in [0.2, 0.25) is 0 Å². The molecule has 122 valence electrons. The topological polar surface area (TPSA) is 55.6 Å². The zero-order chi connectivity index (χ0) is 16.5. The maximum atomic E-state index is 12.8. The van der Waals surface area contributed by atoms with E-state index in [2.05, 4.69) is 0 Å². The Kier molecular flexibility index (Phi) is 4.70. The molecule has 2 N–H and O–H groups in total.